The largest absolute Gasteiger partial charge is 0.314 e. The summed E-state index contributed by atoms with van der Waals surface area (Å²) in [6.07, 6.45) is 2.64. The van der Waals surface area contributed by atoms with E-state index in [1.54, 1.807) is 6.07 Å². The number of hydrogen-bond donors (Lipinski definition) is 1. The number of hydrogen-bond acceptors (Lipinski definition) is 2. The maximum Gasteiger partial charge on any atom is 0.142 e. The summed E-state index contributed by atoms with van der Waals surface area (Å²) in [4.78, 5) is 2.32. The summed E-state index contributed by atoms with van der Waals surface area (Å²) in [6.45, 7) is 7.62. The van der Waals surface area contributed by atoms with E-state index in [2.05, 4.69) is 32.7 Å². The molecule has 0 aliphatic carbocycles. The Morgan fingerprint density at radius 1 is 1.44 bits per heavy atom. The molecule has 0 radical (unpaired) electrons. The van der Waals surface area contributed by atoms with Crippen LogP contribution in [0.5, 0.6) is 0 Å². The second kappa shape index (κ2) is 6.45. The van der Waals surface area contributed by atoms with E-state index in [0.29, 0.717) is 4.47 Å². The topological polar surface area (TPSA) is 15.3 Å². The van der Waals surface area contributed by atoms with Crippen molar-refractivity contribution in [2.75, 3.05) is 26.2 Å². The van der Waals surface area contributed by atoms with Gasteiger partial charge in [-0.1, -0.05) is 18.2 Å². The van der Waals surface area contributed by atoms with Crippen molar-refractivity contribution < 1.29 is 4.39 Å². The molecular formula is C14H18BrFN2. The first kappa shape index (κ1) is 13.7. The SMILES string of the molecule is C=CC[C@H](c1cccc(Br)c1F)N1CCNCC1. The average Bonchev–Trinajstić information content (AvgIpc) is 2.41. The highest BCUT2D eigenvalue weighted by Gasteiger charge is 2.24. The lowest BCUT2D eigenvalue weighted by Gasteiger charge is -2.35. The summed E-state index contributed by atoms with van der Waals surface area (Å²) < 4.78 is 14.7. The van der Waals surface area contributed by atoms with Gasteiger partial charge in [0, 0.05) is 37.8 Å². The number of nitrogens with one attached hydrogen (secondary N) is 1. The van der Waals surface area contributed by atoms with Gasteiger partial charge in [0.05, 0.1) is 4.47 Å². The molecule has 18 heavy (non-hydrogen) atoms. The van der Waals surface area contributed by atoms with Gasteiger partial charge in [-0.25, -0.2) is 4.39 Å². The molecule has 1 atom stereocenters. The molecule has 1 aromatic rings. The fourth-order valence-electron chi connectivity index (χ4n) is 2.40. The Morgan fingerprint density at radius 3 is 2.83 bits per heavy atom. The normalized spacial score (nSPS) is 18.6. The molecule has 1 saturated heterocycles. The van der Waals surface area contributed by atoms with Crippen molar-refractivity contribution in [3.8, 4) is 0 Å². The van der Waals surface area contributed by atoms with Gasteiger partial charge in [0.25, 0.3) is 0 Å². The Labute approximate surface area is 116 Å². The van der Waals surface area contributed by atoms with Gasteiger partial charge in [-0.2, -0.15) is 0 Å². The number of rotatable bonds is 4. The fourth-order valence-corrected chi connectivity index (χ4v) is 2.78. The maximum atomic E-state index is 14.2. The lowest BCUT2D eigenvalue weighted by molar-refractivity contribution is 0.171. The van der Waals surface area contributed by atoms with Crippen molar-refractivity contribution in [3.63, 3.8) is 0 Å². The first-order valence-corrected chi connectivity index (χ1v) is 7.03. The molecule has 0 saturated carbocycles. The average molecular weight is 313 g/mol. The van der Waals surface area contributed by atoms with Crippen LogP contribution in [0.15, 0.2) is 35.3 Å². The van der Waals surface area contributed by atoms with Crippen LogP contribution in [0.2, 0.25) is 0 Å². The van der Waals surface area contributed by atoms with E-state index in [1.165, 1.54) is 0 Å². The molecule has 98 valence electrons. The number of halogens is 2. The van der Waals surface area contributed by atoms with Crippen LogP contribution in [0, 0.1) is 5.82 Å². The minimum atomic E-state index is -0.150. The second-order valence-electron chi connectivity index (χ2n) is 4.47. The molecule has 1 heterocycles. The second-order valence-corrected chi connectivity index (χ2v) is 5.32. The molecule has 1 aromatic carbocycles. The van der Waals surface area contributed by atoms with Crippen molar-refractivity contribution in [1.29, 1.82) is 0 Å². The van der Waals surface area contributed by atoms with Gasteiger partial charge in [0.1, 0.15) is 5.82 Å². The van der Waals surface area contributed by atoms with Crippen LogP contribution < -0.4 is 5.32 Å². The molecule has 1 N–H and O–H groups in total. The Hall–Kier alpha value is -0.710. The summed E-state index contributed by atoms with van der Waals surface area (Å²) in [5.74, 6) is -0.150. The summed E-state index contributed by atoms with van der Waals surface area (Å²) in [5, 5.41) is 3.32. The summed E-state index contributed by atoms with van der Waals surface area (Å²) in [6, 6.07) is 5.58. The molecular weight excluding hydrogens is 295 g/mol. The smallest absolute Gasteiger partial charge is 0.142 e. The van der Waals surface area contributed by atoms with Gasteiger partial charge in [-0.15, -0.1) is 6.58 Å². The van der Waals surface area contributed by atoms with Crippen molar-refractivity contribution >= 4 is 15.9 Å². The maximum absolute atomic E-state index is 14.2. The number of benzene rings is 1. The third kappa shape index (κ3) is 2.99. The highest BCUT2D eigenvalue weighted by atomic mass is 79.9. The minimum absolute atomic E-state index is 0.0853. The van der Waals surface area contributed by atoms with Crippen molar-refractivity contribution in [1.82, 2.24) is 10.2 Å². The first-order valence-electron chi connectivity index (χ1n) is 6.23. The van der Waals surface area contributed by atoms with Crippen LogP contribution in [-0.4, -0.2) is 31.1 Å². The molecule has 0 amide bonds. The lowest BCUT2D eigenvalue weighted by atomic mass is 10.0. The highest BCUT2D eigenvalue weighted by Crippen LogP contribution is 2.30. The minimum Gasteiger partial charge on any atom is -0.314 e. The van der Waals surface area contributed by atoms with E-state index in [4.69, 9.17) is 0 Å². The van der Waals surface area contributed by atoms with E-state index in [-0.39, 0.29) is 11.9 Å². The van der Waals surface area contributed by atoms with Gasteiger partial charge in [0.2, 0.25) is 0 Å². The molecule has 1 aliphatic heterocycles. The van der Waals surface area contributed by atoms with Gasteiger partial charge in [0.15, 0.2) is 0 Å². The third-order valence-electron chi connectivity index (χ3n) is 3.32. The molecule has 1 fully saturated rings. The summed E-state index contributed by atoms with van der Waals surface area (Å²) in [5.41, 5.74) is 0.756. The Bertz CT molecular complexity index is 416. The van der Waals surface area contributed by atoms with Crippen LogP contribution in [0.3, 0.4) is 0 Å². The quantitative estimate of drug-likeness (QED) is 0.859. The zero-order chi connectivity index (χ0) is 13.0. The monoisotopic (exact) mass is 312 g/mol. The van der Waals surface area contributed by atoms with Crippen molar-refractivity contribution in [2.24, 2.45) is 0 Å². The predicted octanol–water partition coefficient (Wildman–Crippen LogP) is 3.11. The predicted molar refractivity (Wildman–Crippen MR) is 76.1 cm³/mol. The number of piperazine rings is 1. The Balaban J connectivity index is 2.28. The van der Waals surface area contributed by atoms with Gasteiger partial charge in [-0.05, 0) is 28.4 Å². The van der Waals surface area contributed by atoms with Gasteiger partial charge in [-0.3, -0.25) is 4.90 Å². The summed E-state index contributed by atoms with van der Waals surface area (Å²) >= 11 is 3.26. The zero-order valence-electron chi connectivity index (χ0n) is 10.3. The van der Waals surface area contributed by atoms with Crippen LogP contribution in [-0.2, 0) is 0 Å². The van der Waals surface area contributed by atoms with Crippen LogP contribution in [0.25, 0.3) is 0 Å². The number of nitrogens with zero attached hydrogens (tertiary/aromatic N) is 1. The fraction of sp³-hybridized carbons (Fsp3) is 0.429. The van der Waals surface area contributed by atoms with Crippen LogP contribution in [0.4, 0.5) is 4.39 Å². The molecule has 1 aliphatic rings. The molecule has 0 aromatic heterocycles. The Kier molecular flexibility index (Phi) is 4.92. The van der Waals surface area contributed by atoms with Gasteiger partial charge < -0.3 is 5.32 Å². The van der Waals surface area contributed by atoms with Crippen LogP contribution >= 0.6 is 15.9 Å². The molecule has 0 bridgehead atoms. The van der Waals surface area contributed by atoms with E-state index < -0.39 is 0 Å². The summed E-state index contributed by atoms with van der Waals surface area (Å²) in [7, 11) is 0. The standard InChI is InChI=1S/C14H18BrFN2/c1-2-4-13(18-9-7-17-8-10-18)11-5-3-6-12(15)14(11)16/h2-3,5-6,13,17H,1,4,7-10H2/t13-/m1/s1. The van der Waals surface area contributed by atoms with Crippen LogP contribution in [0.1, 0.15) is 18.0 Å². The third-order valence-corrected chi connectivity index (χ3v) is 3.94. The van der Waals surface area contributed by atoms with Crippen molar-refractivity contribution in [3.05, 3.63) is 46.7 Å². The highest BCUT2D eigenvalue weighted by molar-refractivity contribution is 9.10. The zero-order valence-corrected chi connectivity index (χ0v) is 11.9. The van der Waals surface area contributed by atoms with E-state index in [9.17, 15) is 4.39 Å². The molecule has 4 heteroatoms. The lowest BCUT2D eigenvalue weighted by Crippen LogP contribution is -2.45. The van der Waals surface area contributed by atoms with Crippen molar-refractivity contribution in [2.45, 2.75) is 12.5 Å². The van der Waals surface area contributed by atoms with Gasteiger partial charge >= 0.3 is 0 Å². The molecule has 0 unspecified atom stereocenters. The van der Waals surface area contributed by atoms with E-state index in [0.717, 1.165) is 38.2 Å². The Morgan fingerprint density at radius 2 is 2.17 bits per heavy atom. The van der Waals surface area contributed by atoms with E-state index >= 15 is 0 Å². The molecule has 2 nitrogen and oxygen atoms in total. The molecule has 2 rings (SSSR count). The first-order chi connectivity index (χ1) is 8.74. The molecule has 0 spiro atoms. The van der Waals surface area contributed by atoms with E-state index in [1.807, 2.05) is 18.2 Å².